The van der Waals surface area contributed by atoms with Crippen LogP contribution in [0.15, 0.2) is 73.6 Å². The van der Waals surface area contributed by atoms with Crippen molar-refractivity contribution in [2.24, 2.45) is 0 Å². The van der Waals surface area contributed by atoms with Crippen molar-refractivity contribution >= 4 is 59.4 Å². The first kappa shape index (κ1) is 46.9. The Morgan fingerprint density at radius 1 is 0.719 bits per heavy atom. The van der Waals surface area contributed by atoms with Gasteiger partial charge in [0.1, 0.15) is 18.3 Å². The van der Waals surface area contributed by atoms with E-state index in [0.29, 0.717) is 19.1 Å². The number of aryl methyl sites for hydroxylation is 2. The van der Waals surface area contributed by atoms with E-state index in [-0.39, 0.29) is 36.6 Å². The maximum atomic E-state index is 12.9. The van der Waals surface area contributed by atoms with Crippen molar-refractivity contribution in [3.05, 3.63) is 84.7 Å². The lowest BCUT2D eigenvalue weighted by Crippen LogP contribution is -2.49. The van der Waals surface area contributed by atoms with E-state index in [1.165, 1.54) is 15.7 Å². The molecule has 0 unspecified atom stereocenters. The lowest BCUT2D eigenvalue weighted by atomic mass is 10.0. The van der Waals surface area contributed by atoms with Crippen molar-refractivity contribution in [2.75, 3.05) is 40.3 Å². The van der Waals surface area contributed by atoms with Gasteiger partial charge in [0.25, 0.3) is 5.97 Å². The number of rotatable bonds is 4. The number of aromatic nitrogens is 4. The second-order valence-electron chi connectivity index (χ2n) is 15.2. The summed E-state index contributed by atoms with van der Waals surface area (Å²) >= 11 is 2.35. The van der Waals surface area contributed by atoms with Crippen LogP contribution in [0.2, 0.25) is 0 Å². The van der Waals surface area contributed by atoms with Crippen molar-refractivity contribution in [3.63, 3.8) is 0 Å². The Bertz CT molecular complexity index is 1910. The van der Waals surface area contributed by atoms with E-state index in [1.807, 2.05) is 89.3 Å². The quantitative estimate of drug-likeness (QED) is 0.158. The molecule has 0 aliphatic carbocycles. The number of carbonyl (C=O) groups excluding carboxylic acids is 3. The first-order valence-corrected chi connectivity index (χ1v) is 19.7. The van der Waals surface area contributed by atoms with E-state index in [9.17, 15) is 14.4 Å². The van der Waals surface area contributed by atoms with E-state index in [2.05, 4.69) is 55.0 Å². The molecule has 2 aliphatic rings. The van der Waals surface area contributed by atoms with Crippen molar-refractivity contribution in [3.8, 4) is 22.5 Å². The van der Waals surface area contributed by atoms with Gasteiger partial charge < -0.3 is 24.5 Å². The number of imidazole rings is 2. The summed E-state index contributed by atoms with van der Waals surface area (Å²) in [6, 6.07) is 16.5. The number of hydrogen-bond donors (Lipinski definition) is 1. The Morgan fingerprint density at radius 3 is 1.42 bits per heavy atom. The second-order valence-corrected chi connectivity index (χ2v) is 16.6. The van der Waals surface area contributed by atoms with Crippen LogP contribution in [0.25, 0.3) is 22.5 Å². The van der Waals surface area contributed by atoms with Gasteiger partial charge in [-0.3, -0.25) is 13.9 Å². The number of benzene rings is 2. The summed E-state index contributed by atoms with van der Waals surface area (Å²) in [5.74, 6) is -0.833. The fourth-order valence-electron chi connectivity index (χ4n) is 6.26. The zero-order valence-corrected chi connectivity index (χ0v) is 37.1. The minimum absolute atomic E-state index is 0. The van der Waals surface area contributed by atoms with E-state index < -0.39 is 11.6 Å². The maximum Gasteiger partial charge on any atom is 0.410 e. The molecule has 2 aromatic heterocycles. The fraction of sp³-hybridized carbons (Fsp3) is 0.463. The number of halogens is 2. The monoisotopic (exact) mass is 918 g/mol. The highest BCUT2D eigenvalue weighted by molar-refractivity contribution is 14.1. The number of carbonyl (C=O) groups is 4. The predicted molar refractivity (Wildman–Crippen MR) is 232 cm³/mol. The third kappa shape index (κ3) is 14.1. The smallest absolute Gasteiger partial charge is 0.410 e. The van der Waals surface area contributed by atoms with Crippen LogP contribution in [0.4, 0.5) is 14.4 Å². The summed E-state index contributed by atoms with van der Waals surface area (Å²) in [4.78, 5) is 60.8. The first-order valence-electron chi connectivity index (χ1n) is 18.8. The molecule has 57 heavy (non-hydrogen) atoms. The molecule has 0 spiro atoms. The zero-order chi connectivity index (χ0) is 41.2. The van der Waals surface area contributed by atoms with Crippen LogP contribution < -0.4 is 0 Å². The number of carboxylic acids is 1. The predicted octanol–water partition coefficient (Wildman–Crippen LogP) is 8.24. The molecule has 0 saturated carbocycles. The molecule has 1 N–H and O–H groups in total. The van der Waals surface area contributed by atoms with Crippen LogP contribution in [0.3, 0.4) is 0 Å². The number of nitrogens with zero attached hydrogens (tertiary/aromatic N) is 8. The average molecular weight is 919 g/mol. The van der Waals surface area contributed by atoms with Crippen LogP contribution in [-0.2, 0) is 9.53 Å². The van der Waals surface area contributed by atoms with Gasteiger partial charge in [-0.05, 0) is 60.3 Å². The minimum atomic E-state index is -0.833. The van der Waals surface area contributed by atoms with Gasteiger partial charge in [-0.15, -0.1) is 12.4 Å². The molecule has 4 aromatic rings. The van der Waals surface area contributed by atoms with Crippen LogP contribution in [0, 0.1) is 13.8 Å². The summed E-state index contributed by atoms with van der Waals surface area (Å²) in [5.41, 5.74) is 5.50. The normalized spacial score (nSPS) is 14.9. The fourth-order valence-corrected chi connectivity index (χ4v) is 6.82. The third-order valence-corrected chi connectivity index (χ3v) is 10.5. The van der Waals surface area contributed by atoms with Crippen molar-refractivity contribution in [1.29, 1.82) is 0 Å². The molecule has 0 bridgehead atoms. The van der Waals surface area contributed by atoms with Gasteiger partial charge in [0.05, 0.1) is 11.4 Å². The number of amides is 3. The van der Waals surface area contributed by atoms with Crippen molar-refractivity contribution in [1.82, 2.24) is 36.9 Å². The Hall–Kier alpha value is -4.48. The van der Waals surface area contributed by atoms with Crippen LogP contribution in [-0.4, -0.2) is 124 Å². The SMILES string of the molecule is CC(=O)O.Cc1ccc(-c2cn(C(=O)N(C)C3CCN(C(=O)OC(C)(C)C)CC3)cn2)cc1.Cc1ccc(-c2cn(C(=O)N(C)C3CCN(I)CC3)cn2)cc1.Cl. The van der Waals surface area contributed by atoms with Gasteiger partial charge in [-0.2, -0.15) is 0 Å². The number of piperidine rings is 2. The summed E-state index contributed by atoms with van der Waals surface area (Å²) in [5, 5.41) is 7.42. The molecule has 2 aromatic carbocycles. The maximum absolute atomic E-state index is 12.9. The summed E-state index contributed by atoms with van der Waals surface area (Å²) in [7, 11) is 3.70. The lowest BCUT2D eigenvalue weighted by molar-refractivity contribution is -0.134. The highest BCUT2D eigenvalue weighted by Crippen LogP contribution is 2.23. The molecule has 16 heteroatoms. The molecule has 2 aliphatic heterocycles. The Labute approximate surface area is 356 Å². The van der Waals surface area contributed by atoms with E-state index >= 15 is 0 Å². The molecular formula is C41H56ClIN8O6. The molecule has 2 saturated heterocycles. The summed E-state index contributed by atoms with van der Waals surface area (Å²) < 4.78 is 10.8. The molecule has 4 heterocycles. The summed E-state index contributed by atoms with van der Waals surface area (Å²) in [6.07, 6.45) is 9.95. The van der Waals surface area contributed by atoms with Crippen molar-refractivity contribution < 1.29 is 29.0 Å². The Balaban J connectivity index is 0.000000280. The molecule has 3 amide bonds. The molecule has 6 rings (SSSR count). The van der Waals surface area contributed by atoms with E-state index in [0.717, 1.165) is 68.2 Å². The topological polar surface area (TPSA) is 146 Å². The van der Waals surface area contributed by atoms with Crippen LogP contribution in [0.5, 0.6) is 0 Å². The second kappa shape index (κ2) is 21.3. The van der Waals surface area contributed by atoms with Gasteiger partial charge in [-0.1, -0.05) is 59.7 Å². The standard InChI is InChI=1S/C22H30N4O3.C17H21IN4O.C2H4O2.ClH/c1-16-6-8-17(9-7-16)19-14-26(15-23-19)20(27)24(5)18-10-12-25(13-11-18)21(28)29-22(2,3)4;1-13-3-5-14(6-4-13)16-11-21(12-19-16)17(23)20(2)15-7-9-22(18)10-8-15;1-2(3)4;/h6-9,14-15,18H,10-13H2,1-5H3;3-6,11-12,15H,7-10H2,1-2H3;1H3,(H,3,4);1H. The molecular weight excluding hydrogens is 863 g/mol. The van der Waals surface area contributed by atoms with Gasteiger partial charge in [0.15, 0.2) is 0 Å². The molecule has 0 radical (unpaired) electrons. The number of ether oxygens (including phenoxy) is 1. The van der Waals surface area contributed by atoms with Gasteiger partial charge in [0, 0.05) is 106 Å². The molecule has 2 fully saturated rings. The Kier molecular flexibility index (Phi) is 17.5. The van der Waals surface area contributed by atoms with Gasteiger partial charge >= 0.3 is 18.2 Å². The number of hydrogen-bond acceptors (Lipinski definition) is 8. The lowest BCUT2D eigenvalue weighted by Gasteiger charge is -2.37. The van der Waals surface area contributed by atoms with Gasteiger partial charge in [0.2, 0.25) is 0 Å². The third-order valence-electron chi connectivity index (χ3n) is 9.53. The molecule has 14 nitrogen and oxygen atoms in total. The summed E-state index contributed by atoms with van der Waals surface area (Å²) in [6.45, 7) is 14.0. The Morgan fingerprint density at radius 2 is 1.07 bits per heavy atom. The highest BCUT2D eigenvalue weighted by Gasteiger charge is 2.31. The number of aliphatic carboxylic acids is 1. The van der Waals surface area contributed by atoms with E-state index in [1.54, 1.807) is 33.2 Å². The minimum Gasteiger partial charge on any atom is -0.481 e. The number of carboxylic acid groups (broad SMARTS) is 1. The van der Waals surface area contributed by atoms with Crippen LogP contribution >= 0.6 is 35.3 Å². The number of likely N-dealkylation sites (tertiary alicyclic amines) is 1. The van der Waals surface area contributed by atoms with E-state index in [4.69, 9.17) is 14.6 Å². The molecule has 0 atom stereocenters. The molecule has 310 valence electrons. The average Bonchev–Trinajstić information content (AvgIpc) is 3.86. The highest BCUT2D eigenvalue weighted by atomic mass is 127. The van der Waals surface area contributed by atoms with Crippen molar-refractivity contribution in [2.45, 2.75) is 84.9 Å². The first-order chi connectivity index (χ1) is 26.4. The largest absolute Gasteiger partial charge is 0.481 e. The zero-order valence-electron chi connectivity index (χ0n) is 34.1. The van der Waals surface area contributed by atoms with Gasteiger partial charge in [-0.25, -0.2) is 27.5 Å². The van der Waals surface area contributed by atoms with Crippen LogP contribution in [0.1, 0.15) is 64.5 Å².